The standard InChI is InChI=1S/C16H19BrN2/c1-10-8-12(9-11(2)16(10)17)19-7-6-13-14(18)4-3-5-15(13)19/h6-9,14H,3-5,18H2,1-2H3. The van der Waals surface area contributed by atoms with E-state index in [-0.39, 0.29) is 6.04 Å². The van der Waals surface area contributed by atoms with Crippen molar-refractivity contribution in [3.8, 4) is 5.69 Å². The van der Waals surface area contributed by atoms with Gasteiger partial charge in [0.15, 0.2) is 0 Å². The highest BCUT2D eigenvalue weighted by Crippen LogP contribution is 2.32. The Kier molecular flexibility index (Phi) is 3.27. The van der Waals surface area contributed by atoms with Crippen LogP contribution in [0.3, 0.4) is 0 Å². The lowest BCUT2D eigenvalue weighted by Gasteiger charge is -2.21. The van der Waals surface area contributed by atoms with Crippen LogP contribution in [0.2, 0.25) is 0 Å². The molecule has 0 saturated carbocycles. The van der Waals surface area contributed by atoms with Gasteiger partial charge in [0.2, 0.25) is 0 Å². The second-order valence-electron chi connectivity index (χ2n) is 5.48. The van der Waals surface area contributed by atoms with Crippen LogP contribution in [0.4, 0.5) is 0 Å². The van der Waals surface area contributed by atoms with Gasteiger partial charge in [0.25, 0.3) is 0 Å². The Morgan fingerprint density at radius 2 is 1.95 bits per heavy atom. The van der Waals surface area contributed by atoms with Gasteiger partial charge in [0, 0.05) is 28.1 Å². The van der Waals surface area contributed by atoms with E-state index >= 15 is 0 Å². The summed E-state index contributed by atoms with van der Waals surface area (Å²) < 4.78 is 3.51. The van der Waals surface area contributed by atoms with Crippen molar-refractivity contribution in [1.82, 2.24) is 4.57 Å². The minimum atomic E-state index is 0.211. The van der Waals surface area contributed by atoms with Gasteiger partial charge >= 0.3 is 0 Å². The third kappa shape index (κ3) is 2.15. The summed E-state index contributed by atoms with van der Waals surface area (Å²) in [7, 11) is 0. The Hall–Kier alpha value is -1.06. The van der Waals surface area contributed by atoms with E-state index in [0.717, 1.165) is 12.8 Å². The monoisotopic (exact) mass is 318 g/mol. The normalized spacial score (nSPS) is 18.4. The number of benzene rings is 1. The zero-order chi connectivity index (χ0) is 13.6. The maximum atomic E-state index is 6.20. The zero-order valence-electron chi connectivity index (χ0n) is 11.4. The Bertz CT molecular complexity index is 605. The van der Waals surface area contributed by atoms with E-state index < -0.39 is 0 Å². The van der Waals surface area contributed by atoms with Crippen LogP contribution in [0.5, 0.6) is 0 Å². The minimum Gasteiger partial charge on any atom is -0.324 e. The van der Waals surface area contributed by atoms with E-state index in [1.165, 1.54) is 39.0 Å². The Morgan fingerprint density at radius 3 is 2.63 bits per heavy atom. The Morgan fingerprint density at radius 1 is 1.26 bits per heavy atom. The average Bonchev–Trinajstić information content (AvgIpc) is 2.80. The fourth-order valence-electron chi connectivity index (χ4n) is 3.03. The number of hydrogen-bond acceptors (Lipinski definition) is 1. The quantitative estimate of drug-likeness (QED) is 0.839. The van der Waals surface area contributed by atoms with Crippen LogP contribution in [-0.4, -0.2) is 4.57 Å². The molecule has 0 saturated heterocycles. The first-order chi connectivity index (χ1) is 9.08. The van der Waals surface area contributed by atoms with Crippen molar-refractivity contribution in [2.24, 2.45) is 5.73 Å². The van der Waals surface area contributed by atoms with Crippen molar-refractivity contribution >= 4 is 15.9 Å². The van der Waals surface area contributed by atoms with Crippen molar-refractivity contribution in [2.75, 3.05) is 0 Å². The van der Waals surface area contributed by atoms with Gasteiger partial charge in [0.05, 0.1) is 0 Å². The predicted octanol–water partition coefficient (Wildman–Crippen LogP) is 4.19. The summed E-state index contributed by atoms with van der Waals surface area (Å²) in [5.41, 5.74) is 12.7. The molecule has 3 rings (SSSR count). The maximum absolute atomic E-state index is 6.20. The molecule has 1 aliphatic carbocycles. The molecule has 2 nitrogen and oxygen atoms in total. The van der Waals surface area contributed by atoms with E-state index in [9.17, 15) is 0 Å². The first-order valence-electron chi connectivity index (χ1n) is 6.80. The highest BCUT2D eigenvalue weighted by Gasteiger charge is 2.20. The van der Waals surface area contributed by atoms with E-state index in [0.29, 0.717) is 0 Å². The average molecular weight is 319 g/mol. The van der Waals surface area contributed by atoms with Gasteiger partial charge in [0.1, 0.15) is 0 Å². The van der Waals surface area contributed by atoms with Crippen molar-refractivity contribution < 1.29 is 0 Å². The SMILES string of the molecule is Cc1cc(-n2ccc3c2CCCC3N)cc(C)c1Br. The molecule has 1 atom stereocenters. The molecule has 100 valence electrons. The molecule has 1 aliphatic rings. The summed E-state index contributed by atoms with van der Waals surface area (Å²) in [5.74, 6) is 0. The third-order valence-corrected chi connectivity index (χ3v) is 5.31. The fraction of sp³-hybridized carbons (Fsp3) is 0.375. The topological polar surface area (TPSA) is 30.9 Å². The summed E-state index contributed by atoms with van der Waals surface area (Å²) in [5, 5.41) is 0. The van der Waals surface area contributed by atoms with Gasteiger partial charge < -0.3 is 10.3 Å². The maximum Gasteiger partial charge on any atom is 0.0458 e. The van der Waals surface area contributed by atoms with E-state index in [1.54, 1.807) is 0 Å². The second-order valence-corrected chi connectivity index (χ2v) is 6.27. The molecule has 1 aromatic heterocycles. The number of nitrogens with two attached hydrogens (primary N) is 1. The highest BCUT2D eigenvalue weighted by atomic mass is 79.9. The van der Waals surface area contributed by atoms with E-state index in [2.05, 4.69) is 58.7 Å². The molecular weight excluding hydrogens is 300 g/mol. The zero-order valence-corrected chi connectivity index (χ0v) is 13.0. The Balaban J connectivity index is 2.13. The van der Waals surface area contributed by atoms with Gasteiger partial charge in [-0.05, 0) is 68.0 Å². The van der Waals surface area contributed by atoms with Crippen LogP contribution in [0.15, 0.2) is 28.9 Å². The molecule has 0 spiro atoms. The van der Waals surface area contributed by atoms with E-state index in [1.807, 2.05) is 0 Å². The summed E-state index contributed by atoms with van der Waals surface area (Å²) in [6.07, 6.45) is 5.59. The molecule has 2 N–H and O–H groups in total. The summed E-state index contributed by atoms with van der Waals surface area (Å²) >= 11 is 3.63. The van der Waals surface area contributed by atoms with Gasteiger partial charge in [-0.2, -0.15) is 0 Å². The molecule has 0 amide bonds. The number of fused-ring (bicyclic) bond motifs is 1. The van der Waals surface area contributed by atoms with Gasteiger partial charge in [-0.15, -0.1) is 0 Å². The third-order valence-electron chi connectivity index (χ3n) is 4.05. The molecule has 0 fully saturated rings. The number of aromatic nitrogens is 1. The largest absolute Gasteiger partial charge is 0.324 e. The van der Waals surface area contributed by atoms with Crippen LogP contribution in [-0.2, 0) is 6.42 Å². The van der Waals surface area contributed by atoms with Crippen molar-refractivity contribution in [1.29, 1.82) is 0 Å². The van der Waals surface area contributed by atoms with Crippen molar-refractivity contribution in [3.63, 3.8) is 0 Å². The van der Waals surface area contributed by atoms with Crippen LogP contribution >= 0.6 is 15.9 Å². The summed E-state index contributed by atoms with van der Waals surface area (Å²) in [6, 6.07) is 6.86. The molecular formula is C16H19BrN2. The molecule has 1 heterocycles. The van der Waals surface area contributed by atoms with Crippen molar-refractivity contribution in [2.45, 2.75) is 39.2 Å². The van der Waals surface area contributed by atoms with Gasteiger partial charge in [-0.1, -0.05) is 15.9 Å². The molecule has 3 heteroatoms. The smallest absolute Gasteiger partial charge is 0.0458 e. The lowest BCUT2D eigenvalue weighted by Crippen LogP contribution is -2.17. The number of nitrogens with zero attached hydrogens (tertiary/aromatic N) is 1. The van der Waals surface area contributed by atoms with Crippen molar-refractivity contribution in [3.05, 3.63) is 51.3 Å². The molecule has 0 aliphatic heterocycles. The first kappa shape index (κ1) is 12.9. The predicted molar refractivity (Wildman–Crippen MR) is 82.8 cm³/mol. The molecule has 2 aromatic rings. The van der Waals surface area contributed by atoms with Crippen LogP contribution in [0, 0.1) is 13.8 Å². The van der Waals surface area contributed by atoms with Gasteiger partial charge in [-0.3, -0.25) is 0 Å². The second kappa shape index (κ2) is 4.80. The minimum absolute atomic E-state index is 0.211. The van der Waals surface area contributed by atoms with Crippen LogP contribution in [0.25, 0.3) is 5.69 Å². The Labute approximate surface area is 122 Å². The summed E-state index contributed by atoms with van der Waals surface area (Å²) in [4.78, 5) is 0. The lowest BCUT2D eigenvalue weighted by molar-refractivity contribution is 0.560. The molecule has 1 aromatic carbocycles. The van der Waals surface area contributed by atoms with E-state index in [4.69, 9.17) is 5.73 Å². The first-order valence-corrected chi connectivity index (χ1v) is 7.60. The molecule has 0 radical (unpaired) electrons. The molecule has 1 unspecified atom stereocenters. The number of rotatable bonds is 1. The van der Waals surface area contributed by atoms with Gasteiger partial charge in [-0.25, -0.2) is 0 Å². The molecule has 0 bridgehead atoms. The number of aryl methyl sites for hydroxylation is 2. The number of halogens is 1. The fourth-order valence-corrected chi connectivity index (χ4v) is 3.26. The highest BCUT2D eigenvalue weighted by molar-refractivity contribution is 9.10. The number of hydrogen-bond donors (Lipinski definition) is 1. The van der Waals surface area contributed by atoms with Crippen LogP contribution in [0.1, 0.15) is 41.3 Å². The van der Waals surface area contributed by atoms with Crippen LogP contribution < -0.4 is 5.73 Å². The summed E-state index contributed by atoms with van der Waals surface area (Å²) in [6.45, 7) is 4.28. The lowest BCUT2D eigenvalue weighted by atomic mass is 9.93. The molecule has 19 heavy (non-hydrogen) atoms.